The van der Waals surface area contributed by atoms with Gasteiger partial charge in [-0.15, -0.1) is 0 Å². The van der Waals surface area contributed by atoms with Gasteiger partial charge in [-0.2, -0.15) is 0 Å². The summed E-state index contributed by atoms with van der Waals surface area (Å²) in [5.74, 6) is 1.23. The van der Waals surface area contributed by atoms with Crippen molar-refractivity contribution in [1.29, 1.82) is 0 Å². The van der Waals surface area contributed by atoms with E-state index in [-0.39, 0.29) is 5.54 Å². The highest BCUT2D eigenvalue weighted by atomic mass is 35.5. The van der Waals surface area contributed by atoms with Crippen LogP contribution in [0.4, 0.5) is 5.82 Å². The smallest absolute Gasteiger partial charge is 0.198 e. The van der Waals surface area contributed by atoms with Gasteiger partial charge in [0.15, 0.2) is 16.7 Å². The molecule has 0 radical (unpaired) electrons. The van der Waals surface area contributed by atoms with Gasteiger partial charge in [-0.05, 0) is 25.7 Å². The Labute approximate surface area is 100 Å². The molecule has 1 N–H and O–H groups in total. The highest BCUT2D eigenvalue weighted by Crippen LogP contribution is 2.40. The van der Waals surface area contributed by atoms with E-state index in [1.165, 1.54) is 25.6 Å². The first-order valence-electron chi connectivity index (χ1n) is 5.53. The summed E-state index contributed by atoms with van der Waals surface area (Å²) in [5, 5.41) is 3.79. The minimum Gasteiger partial charge on any atom is -0.490 e. The lowest BCUT2D eigenvalue weighted by molar-refractivity contribution is 0.267. The molecule has 4 nitrogen and oxygen atoms in total. The number of ether oxygens (including phenoxy) is 1. The first-order chi connectivity index (χ1) is 7.71. The second kappa shape index (κ2) is 4.45. The summed E-state index contributed by atoms with van der Waals surface area (Å²) in [6.07, 6.45) is 6.15. The van der Waals surface area contributed by atoms with Crippen LogP contribution in [0.15, 0.2) is 6.33 Å². The van der Waals surface area contributed by atoms with Crippen LogP contribution in [0.5, 0.6) is 5.75 Å². The summed E-state index contributed by atoms with van der Waals surface area (Å²) in [6.45, 7) is 2.18. The van der Waals surface area contributed by atoms with Gasteiger partial charge in [0.1, 0.15) is 6.33 Å². The molecule has 0 spiro atoms. The van der Waals surface area contributed by atoms with Crippen molar-refractivity contribution < 1.29 is 4.74 Å². The normalized spacial score (nSPS) is 17.7. The largest absolute Gasteiger partial charge is 0.490 e. The maximum Gasteiger partial charge on any atom is 0.198 e. The maximum atomic E-state index is 5.95. The van der Waals surface area contributed by atoms with Crippen LogP contribution in [0.25, 0.3) is 0 Å². The van der Waals surface area contributed by atoms with Crippen molar-refractivity contribution in [2.75, 3.05) is 12.4 Å². The van der Waals surface area contributed by atoms with E-state index < -0.39 is 0 Å². The van der Waals surface area contributed by atoms with E-state index in [4.69, 9.17) is 16.3 Å². The molecule has 1 saturated carbocycles. The molecule has 1 fully saturated rings. The molecule has 0 aromatic carbocycles. The SMILES string of the molecule is CCC1(Nc2ncnc(Cl)c2OC)CCC1. The van der Waals surface area contributed by atoms with Gasteiger partial charge < -0.3 is 10.1 Å². The van der Waals surface area contributed by atoms with Crippen LogP contribution >= 0.6 is 11.6 Å². The summed E-state index contributed by atoms with van der Waals surface area (Å²) in [4.78, 5) is 8.09. The third-order valence-electron chi connectivity index (χ3n) is 3.34. The molecule has 0 aliphatic heterocycles. The average molecular weight is 242 g/mol. The molecule has 2 rings (SSSR count). The Kier molecular flexibility index (Phi) is 3.19. The summed E-state index contributed by atoms with van der Waals surface area (Å²) in [7, 11) is 1.58. The van der Waals surface area contributed by atoms with Crippen molar-refractivity contribution in [3.63, 3.8) is 0 Å². The van der Waals surface area contributed by atoms with E-state index in [0.29, 0.717) is 16.7 Å². The number of hydrogen-bond acceptors (Lipinski definition) is 4. The zero-order chi connectivity index (χ0) is 11.6. The molecule has 88 valence electrons. The van der Waals surface area contributed by atoms with Crippen LogP contribution < -0.4 is 10.1 Å². The van der Waals surface area contributed by atoms with Crippen molar-refractivity contribution >= 4 is 17.4 Å². The molecule has 0 unspecified atom stereocenters. The number of nitrogens with one attached hydrogen (secondary N) is 1. The van der Waals surface area contributed by atoms with Crippen LogP contribution in [-0.2, 0) is 0 Å². The quantitative estimate of drug-likeness (QED) is 0.824. The van der Waals surface area contributed by atoms with Gasteiger partial charge in [0.2, 0.25) is 0 Å². The molecule has 16 heavy (non-hydrogen) atoms. The number of rotatable bonds is 4. The molecule has 0 bridgehead atoms. The first-order valence-corrected chi connectivity index (χ1v) is 5.91. The second-order valence-corrected chi connectivity index (χ2v) is 4.52. The molecular weight excluding hydrogens is 226 g/mol. The van der Waals surface area contributed by atoms with E-state index in [0.717, 1.165) is 6.42 Å². The predicted octanol–water partition coefficient (Wildman–Crippen LogP) is 2.88. The number of methoxy groups -OCH3 is 1. The maximum absolute atomic E-state index is 5.95. The summed E-state index contributed by atoms with van der Waals surface area (Å²) in [5.41, 5.74) is 0.172. The predicted molar refractivity (Wildman–Crippen MR) is 64.1 cm³/mol. The Bertz CT molecular complexity index is 374. The number of anilines is 1. The van der Waals surface area contributed by atoms with Gasteiger partial charge in [0, 0.05) is 5.54 Å². The first kappa shape index (κ1) is 11.5. The fourth-order valence-corrected chi connectivity index (χ4v) is 2.25. The number of nitrogens with zero attached hydrogens (tertiary/aromatic N) is 2. The van der Waals surface area contributed by atoms with E-state index in [1.807, 2.05) is 0 Å². The summed E-state index contributed by atoms with van der Waals surface area (Å²) in [6, 6.07) is 0. The monoisotopic (exact) mass is 241 g/mol. The number of hydrogen-bond donors (Lipinski definition) is 1. The van der Waals surface area contributed by atoms with Crippen molar-refractivity contribution in [3.05, 3.63) is 11.5 Å². The van der Waals surface area contributed by atoms with Crippen molar-refractivity contribution in [2.45, 2.75) is 38.1 Å². The summed E-state index contributed by atoms with van der Waals surface area (Å²) < 4.78 is 5.22. The van der Waals surface area contributed by atoms with Gasteiger partial charge in [-0.1, -0.05) is 18.5 Å². The van der Waals surface area contributed by atoms with Gasteiger partial charge in [0.25, 0.3) is 0 Å². The highest BCUT2D eigenvalue weighted by molar-refractivity contribution is 6.31. The van der Waals surface area contributed by atoms with Gasteiger partial charge in [-0.25, -0.2) is 9.97 Å². The van der Waals surface area contributed by atoms with Gasteiger partial charge in [0.05, 0.1) is 7.11 Å². The molecule has 1 aromatic heterocycles. The Morgan fingerprint density at radius 1 is 1.50 bits per heavy atom. The third-order valence-corrected chi connectivity index (χ3v) is 3.60. The van der Waals surface area contributed by atoms with Crippen LogP contribution in [0, 0.1) is 0 Å². The van der Waals surface area contributed by atoms with E-state index >= 15 is 0 Å². The molecule has 1 aromatic rings. The molecule has 0 amide bonds. The van der Waals surface area contributed by atoms with Crippen molar-refractivity contribution in [3.8, 4) is 5.75 Å². The van der Waals surface area contributed by atoms with Gasteiger partial charge in [-0.3, -0.25) is 0 Å². The van der Waals surface area contributed by atoms with Crippen LogP contribution in [0.2, 0.25) is 5.15 Å². The molecule has 1 aliphatic rings. The molecule has 1 heterocycles. The number of aromatic nitrogens is 2. The van der Waals surface area contributed by atoms with Crippen LogP contribution in [0.1, 0.15) is 32.6 Å². The zero-order valence-corrected chi connectivity index (χ0v) is 10.3. The van der Waals surface area contributed by atoms with Crippen molar-refractivity contribution in [1.82, 2.24) is 9.97 Å². The van der Waals surface area contributed by atoms with E-state index in [1.54, 1.807) is 7.11 Å². The van der Waals surface area contributed by atoms with Crippen molar-refractivity contribution in [2.24, 2.45) is 0 Å². The molecule has 5 heteroatoms. The minimum atomic E-state index is 0.172. The molecular formula is C11H16ClN3O. The summed E-state index contributed by atoms with van der Waals surface area (Å²) >= 11 is 5.95. The van der Waals surface area contributed by atoms with E-state index in [9.17, 15) is 0 Å². The minimum absolute atomic E-state index is 0.172. The van der Waals surface area contributed by atoms with Gasteiger partial charge >= 0.3 is 0 Å². The Morgan fingerprint density at radius 3 is 2.75 bits per heavy atom. The topological polar surface area (TPSA) is 47.0 Å². The fourth-order valence-electron chi connectivity index (χ4n) is 2.04. The standard InChI is InChI=1S/C11H16ClN3O/c1-3-11(5-4-6-11)15-10-8(16-2)9(12)13-7-14-10/h7H,3-6H2,1-2H3,(H,13,14,15). The second-order valence-electron chi connectivity index (χ2n) is 4.16. The van der Waals surface area contributed by atoms with E-state index in [2.05, 4.69) is 22.2 Å². The molecule has 1 aliphatic carbocycles. The fraction of sp³-hybridized carbons (Fsp3) is 0.636. The zero-order valence-electron chi connectivity index (χ0n) is 9.59. The molecule has 0 atom stereocenters. The van der Waals surface area contributed by atoms with Crippen LogP contribution in [0.3, 0.4) is 0 Å². The third kappa shape index (κ3) is 1.94. The number of halogens is 1. The average Bonchev–Trinajstić information content (AvgIpc) is 2.23. The lowest BCUT2D eigenvalue weighted by Gasteiger charge is -2.42. The lowest BCUT2D eigenvalue weighted by atomic mass is 9.75. The lowest BCUT2D eigenvalue weighted by Crippen LogP contribution is -2.44. The Hall–Kier alpha value is -1.03. The molecule has 0 saturated heterocycles. The Morgan fingerprint density at radius 2 is 2.25 bits per heavy atom. The van der Waals surface area contributed by atoms with Crippen LogP contribution in [-0.4, -0.2) is 22.6 Å². The highest BCUT2D eigenvalue weighted by Gasteiger charge is 2.36. The Balaban J connectivity index is 2.23.